The molecule has 41 heavy (non-hydrogen) atoms. The molecule has 6 rings (SSSR count). The first-order valence-corrected chi connectivity index (χ1v) is 12.9. The van der Waals surface area contributed by atoms with Crippen LogP contribution in [0, 0.1) is 23.3 Å². The van der Waals surface area contributed by atoms with E-state index in [0.717, 1.165) is 12.1 Å². The number of halogens is 4. The summed E-state index contributed by atoms with van der Waals surface area (Å²) in [6.07, 6.45) is 1.86. The summed E-state index contributed by atoms with van der Waals surface area (Å²) in [6, 6.07) is 10.5. The number of carboxylic acids is 1. The van der Waals surface area contributed by atoms with Crippen LogP contribution in [0.3, 0.4) is 0 Å². The number of benzene rings is 3. The number of aryl methyl sites for hydroxylation is 1. The first kappa shape index (κ1) is 26.6. The smallest absolute Gasteiger partial charge is 0.303 e. The molecular formula is C30H24F4N4O3. The van der Waals surface area contributed by atoms with Gasteiger partial charge in [0.2, 0.25) is 0 Å². The minimum atomic E-state index is -1.02. The van der Waals surface area contributed by atoms with Crippen molar-refractivity contribution in [3.63, 3.8) is 0 Å². The van der Waals surface area contributed by atoms with Crippen LogP contribution >= 0.6 is 0 Å². The number of hydrogen-bond acceptors (Lipinski definition) is 4. The molecule has 0 amide bonds. The van der Waals surface area contributed by atoms with E-state index in [1.165, 1.54) is 24.4 Å². The molecule has 0 unspecified atom stereocenters. The lowest BCUT2D eigenvalue weighted by Gasteiger charge is -2.32. The predicted octanol–water partition coefficient (Wildman–Crippen LogP) is 6.50. The van der Waals surface area contributed by atoms with Crippen LogP contribution in [0.15, 0.2) is 54.7 Å². The van der Waals surface area contributed by atoms with E-state index < -0.39 is 41.0 Å². The first-order valence-electron chi connectivity index (χ1n) is 12.9. The van der Waals surface area contributed by atoms with Gasteiger partial charge in [-0.2, -0.15) is 0 Å². The molecule has 0 saturated carbocycles. The Kier molecular flexibility index (Phi) is 6.74. The highest BCUT2D eigenvalue weighted by molar-refractivity contribution is 5.82. The Labute approximate surface area is 231 Å². The second-order valence-electron chi connectivity index (χ2n) is 9.98. The number of carboxylic acid groups (broad SMARTS) is 1. The average Bonchev–Trinajstić information content (AvgIpc) is 3.59. The van der Waals surface area contributed by atoms with Gasteiger partial charge >= 0.3 is 5.97 Å². The quantitative estimate of drug-likeness (QED) is 0.196. The summed E-state index contributed by atoms with van der Waals surface area (Å²) < 4.78 is 65.8. The number of aromatic amines is 2. The number of aliphatic carboxylic acids is 1. The normalized spacial score (nSPS) is 15.3. The third-order valence-corrected chi connectivity index (χ3v) is 7.35. The van der Waals surface area contributed by atoms with E-state index in [-0.39, 0.29) is 46.4 Å². The van der Waals surface area contributed by atoms with Gasteiger partial charge in [-0.25, -0.2) is 22.5 Å². The topological polar surface area (TPSA) is 94.2 Å². The number of carbonyl (C=O) groups is 1. The number of fused-ring (bicyclic) bond motifs is 2. The Morgan fingerprint density at radius 2 is 1.93 bits per heavy atom. The van der Waals surface area contributed by atoms with Crippen LogP contribution in [0.25, 0.3) is 22.3 Å². The van der Waals surface area contributed by atoms with Crippen molar-refractivity contribution in [1.82, 2.24) is 19.9 Å². The van der Waals surface area contributed by atoms with Crippen molar-refractivity contribution in [2.24, 2.45) is 0 Å². The number of imidazole rings is 1. The highest BCUT2D eigenvalue weighted by atomic mass is 19.1. The second kappa shape index (κ2) is 10.4. The van der Waals surface area contributed by atoms with E-state index in [1.54, 1.807) is 18.2 Å². The van der Waals surface area contributed by atoms with Crippen molar-refractivity contribution >= 4 is 16.9 Å². The number of H-pyrrole nitrogens is 2. The van der Waals surface area contributed by atoms with Gasteiger partial charge in [-0.15, -0.1) is 0 Å². The van der Waals surface area contributed by atoms with E-state index >= 15 is 8.78 Å². The molecule has 3 heterocycles. The third-order valence-electron chi connectivity index (χ3n) is 7.35. The number of hydrogen-bond donors (Lipinski definition) is 3. The number of nitrogens with zero attached hydrogens (tertiary/aromatic N) is 2. The van der Waals surface area contributed by atoms with Gasteiger partial charge in [0.25, 0.3) is 0 Å². The molecule has 0 saturated heterocycles. The Morgan fingerprint density at radius 3 is 2.73 bits per heavy atom. The van der Waals surface area contributed by atoms with Gasteiger partial charge in [-0.05, 0) is 43.3 Å². The average molecular weight is 565 g/mol. The van der Waals surface area contributed by atoms with Crippen molar-refractivity contribution < 1.29 is 32.2 Å². The molecule has 2 aromatic heterocycles. The summed E-state index contributed by atoms with van der Waals surface area (Å²) in [4.78, 5) is 23.5. The summed E-state index contributed by atoms with van der Waals surface area (Å²) in [5.74, 6) is -4.45. The zero-order chi connectivity index (χ0) is 28.8. The van der Waals surface area contributed by atoms with Crippen LogP contribution in [0.5, 0.6) is 11.5 Å². The molecule has 5 aromatic rings. The fourth-order valence-corrected chi connectivity index (χ4v) is 5.30. The molecule has 0 fully saturated rings. The van der Waals surface area contributed by atoms with E-state index in [2.05, 4.69) is 15.0 Å². The fraction of sp³-hybridized carbons (Fsp3) is 0.200. The van der Waals surface area contributed by atoms with E-state index in [9.17, 15) is 13.6 Å². The molecule has 0 spiro atoms. The molecule has 0 bridgehead atoms. The summed E-state index contributed by atoms with van der Waals surface area (Å²) in [5, 5.41) is 9.18. The number of nitrogens with one attached hydrogen (secondary N) is 2. The van der Waals surface area contributed by atoms with E-state index in [4.69, 9.17) is 9.84 Å². The van der Waals surface area contributed by atoms with Crippen LogP contribution < -0.4 is 4.74 Å². The first-order chi connectivity index (χ1) is 19.7. The number of likely N-dealkylation sites (N-methyl/N-ethyl adjacent to an activating group) is 1. The zero-order valence-electron chi connectivity index (χ0n) is 21.8. The van der Waals surface area contributed by atoms with E-state index in [1.807, 2.05) is 11.9 Å². The fourth-order valence-electron chi connectivity index (χ4n) is 5.30. The summed E-state index contributed by atoms with van der Waals surface area (Å²) in [7, 11) is 1.82. The molecular weight excluding hydrogens is 540 g/mol. The molecule has 1 aliphatic rings. The number of ether oxygens (including phenoxy) is 1. The lowest BCUT2D eigenvalue weighted by Crippen LogP contribution is -2.33. The van der Waals surface area contributed by atoms with Gasteiger partial charge in [0, 0.05) is 48.3 Å². The second-order valence-corrected chi connectivity index (χ2v) is 9.98. The standard InChI is InChI=1S/C30H24F4N4O3/c1-38-12-10-22-27(28(38)18-4-2-3-15(25(18)33)5-8-24(39)40)37-30(36-22)19-13-16(6-7-20(19)31)41-29-21(32)14-23-17(26(29)34)9-11-35-23/h2-4,6-7,9,11,13-14,28,35H,5,8,10,12H2,1H3,(H,36,37)(H,39,40)/t28-/m1/s1. The molecule has 3 N–H and O–H groups in total. The van der Waals surface area contributed by atoms with Crippen LogP contribution in [0.1, 0.15) is 35.0 Å². The van der Waals surface area contributed by atoms with Crippen LogP contribution in [-0.2, 0) is 17.6 Å². The molecule has 11 heteroatoms. The molecule has 0 radical (unpaired) electrons. The Balaban J connectivity index is 1.36. The monoisotopic (exact) mass is 564 g/mol. The minimum Gasteiger partial charge on any atom is -0.481 e. The van der Waals surface area contributed by atoms with Crippen LogP contribution in [0.2, 0.25) is 0 Å². The van der Waals surface area contributed by atoms with Crippen LogP contribution in [-0.4, -0.2) is 44.5 Å². The minimum absolute atomic E-state index is 0.00528. The Bertz CT molecular complexity index is 1800. The van der Waals surface area contributed by atoms with Gasteiger partial charge in [0.1, 0.15) is 23.2 Å². The summed E-state index contributed by atoms with van der Waals surface area (Å²) >= 11 is 0. The van der Waals surface area contributed by atoms with Crippen molar-refractivity contribution in [2.75, 3.05) is 13.6 Å². The molecule has 7 nitrogen and oxygen atoms in total. The van der Waals surface area contributed by atoms with Crippen molar-refractivity contribution in [1.29, 1.82) is 0 Å². The largest absolute Gasteiger partial charge is 0.481 e. The van der Waals surface area contributed by atoms with Gasteiger partial charge in [-0.3, -0.25) is 9.69 Å². The van der Waals surface area contributed by atoms with Gasteiger partial charge in [0.05, 0.1) is 22.8 Å². The summed E-state index contributed by atoms with van der Waals surface area (Å²) in [5.41, 5.74) is 2.10. The zero-order valence-corrected chi connectivity index (χ0v) is 21.8. The lowest BCUT2D eigenvalue weighted by atomic mass is 9.93. The lowest BCUT2D eigenvalue weighted by molar-refractivity contribution is -0.136. The van der Waals surface area contributed by atoms with E-state index in [0.29, 0.717) is 29.9 Å². The highest BCUT2D eigenvalue weighted by Gasteiger charge is 2.33. The van der Waals surface area contributed by atoms with Crippen LogP contribution in [0.4, 0.5) is 17.6 Å². The SMILES string of the molecule is CN1CCc2[nH]c(-c3cc(Oc4c(F)cc5[nH]ccc5c4F)ccc3F)nc2[C@H]1c1cccc(CCC(=O)O)c1F. The molecule has 1 aliphatic heterocycles. The molecule has 0 aliphatic carbocycles. The molecule has 1 atom stereocenters. The maximum Gasteiger partial charge on any atom is 0.303 e. The maximum absolute atomic E-state index is 15.6. The van der Waals surface area contributed by atoms with Crippen molar-refractivity contribution in [2.45, 2.75) is 25.3 Å². The van der Waals surface area contributed by atoms with Crippen molar-refractivity contribution in [3.05, 3.63) is 101 Å². The van der Waals surface area contributed by atoms with Gasteiger partial charge in [-0.1, -0.05) is 18.2 Å². The predicted molar refractivity (Wildman–Crippen MR) is 143 cm³/mol. The maximum atomic E-state index is 15.6. The Morgan fingerprint density at radius 1 is 1.10 bits per heavy atom. The number of aromatic nitrogens is 3. The molecule has 3 aromatic carbocycles. The number of rotatable bonds is 7. The van der Waals surface area contributed by atoms with Gasteiger partial charge in [0.15, 0.2) is 17.4 Å². The van der Waals surface area contributed by atoms with Crippen molar-refractivity contribution in [3.8, 4) is 22.9 Å². The highest BCUT2D eigenvalue weighted by Crippen LogP contribution is 2.38. The summed E-state index contributed by atoms with van der Waals surface area (Å²) in [6.45, 7) is 0.559. The third kappa shape index (κ3) is 4.82. The van der Waals surface area contributed by atoms with Gasteiger partial charge < -0.3 is 19.8 Å². The molecule has 210 valence electrons. The Hall–Kier alpha value is -4.64.